The number of sulfonamides is 1. The van der Waals surface area contributed by atoms with Gasteiger partial charge in [0.25, 0.3) is 0 Å². The van der Waals surface area contributed by atoms with Crippen LogP contribution in [0.25, 0.3) is 10.9 Å². The quantitative estimate of drug-likeness (QED) is 0.187. The third-order valence-corrected chi connectivity index (χ3v) is 9.86. The van der Waals surface area contributed by atoms with Gasteiger partial charge in [0.1, 0.15) is 0 Å². The lowest BCUT2D eigenvalue weighted by Gasteiger charge is -2.36. The summed E-state index contributed by atoms with van der Waals surface area (Å²) in [5, 5.41) is 1.04. The van der Waals surface area contributed by atoms with Crippen LogP contribution in [-0.4, -0.2) is 53.8 Å². The lowest BCUT2D eigenvalue weighted by Crippen LogP contribution is -2.45. The van der Waals surface area contributed by atoms with Gasteiger partial charge in [0.15, 0.2) is 0 Å². The number of carbonyl (C=O) groups excluding carboxylic acids is 2. The van der Waals surface area contributed by atoms with E-state index in [0.717, 1.165) is 27.7 Å². The molecular weight excluding hydrogens is 583 g/mol. The standard InChI is InChI=1S/C25H27IN2O6S/c1-16-8-10-17(11-9-16)35(31,32)28-15-13-19-18-6-4-5-7-20(18)27-22(19)21(28)12-14-25(26,23(29)33-2)24(30)34-3/h4-11,21,27H,12-15H2,1-3H3. The fourth-order valence-corrected chi connectivity index (χ4v) is 7.04. The second-order valence-electron chi connectivity index (χ2n) is 8.58. The second-order valence-corrected chi connectivity index (χ2v) is 12.3. The topological polar surface area (TPSA) is 106 Å². The van der Waals surface area contributed by atoms with Crippen LogP contribution in [0, 0.1) is 6.92 Å². The molecule has 1 aromatic heterocycles. The van der Waals surface area contributed by atoms with E-state index in [2.05, 4.69) is 4.98 Å². The molecule has 0 aliphatic carbocycles. The van der Waals surface area contributed by atoms with Crippen LogP contribution in [0.4, 0.5) is 0 Å². The number of hydrogen-bond acceptors (Lipinski definition) is 6. The summed E-state index contributed by atoms with van der Waals surface area (Å²) in [5.74, 6) is -1.46. The number of fused-ring (bicyclic) bond motifs is 3. The van der Waals surface area contributed by atoms with Gasteiger partial charge in [0.05, 0.1) is 25.2 Å². The summed E-state index contributed by atoms with van der Waals surface area (Å²) in [6.45, 7) is 2.18. The van der Waals surface area contributed by atoms with Gasteiger partial charge in [-0.25, -0.2) is 18.0 Å². The number of esters is 2. The molecule has 0 saturated carbocycles. The molecule has 0 saturated heterocycles. The summed E-state index contributed by atoms with van der Waals surface area (Å²) in [6, 6.07) is 14.0. The minimum atomic E-state index is -3.85. The van der Waals surface area contributed by atoms with Crippen molar-refractivity contribution in [3.8, 4) is 0 Å². The fraction of sp³-hybridized carbons (Fsp3) is 0.360. The molecule has 2 heterocycles. The van der Waals surface area contributed by atoms with E-state index in [0.29, 0.717) is 6.42 Å². The number of H-pyrrole nitrogens is 1. The highest BCUT2D eigenvalue weighted by Crippen LogP contribution is 2.42. The maximum Gasteiger partial charge on any atom is 0.333 e. The summed E-state index contributed by atoms with van der Waals surface area (Å²) < 4.78 is 37.2. The number of hydrogen-bond donors (Lipinski definition) is 1. The van der Waals surface area contributed by atoms with E-state index < -0.39 is 31.4 Å². The molecule has 2 aromatic carbocycles. The van der Waals surface area contributed by atoms with Gasteiger partial charge in [-0.3, -0.25) is 0 Å². The number of carbonyl (C=O) groups is 2. The molecule has 1 N–H and O–H groups in total. The van der Waals surface area contributed by atoms with E-state index in [9.17, 15) is 18.0 Å². The van der Waals surface area contributed by atoms with Crippen molar-refractivity contribution in [1.82, 2.24) is 9.29 Å². The number of halogens is 1. The second kappa shape index (κ2) is 9.90. The lowest BCUT2D eigenvalue weighted by atomic mass is 9.93. The largest absolute Gasteiger partial charge is 0.468 e. The number of aromatic nitrogens is 1. The van der Waals surface area contributed by atoms with Crippen LogP contribution < -0.4 is 0 Å². The Morgan fingerprint density at radius 3 is 2.34 bits per heavy atom. The van der Waals surface area contributed by atoms with Crippen molar-refractivity contribution in [2.45, 2.75) is 40.5 Å². The molecule has 1 unspecified atom stereocenters. The Balaban J connectivity index is 1.79. The number of alkyl halides is 1. The highest BCUT2D eigenvalue weighted by atomic mass is 127. The first kappa shape index (κ1) is 25.6. The number of methoxy groups -OCH3 is 2. The van der Waals surface area contributed by atoms with Crippen molar-refractivity contribution >= 4 is 55.5 Å². The zero-order valence-electron chi connectivity index (χ0n) is 19.7. The number of nitrogens with zero attached hydrogens (tertiary/aromatic N) is 1. The zero-order valence-corrected chi connectivity index (χ0v) is 22.7. The van der Waals surface area contributed by atoms with Crippen LogP contribution in [0.15, 0.2) is 53.4 Å². The number of para-hydroxylation sites is 1. The number of nitrogens with one attached hydrogen (secondary N) is 1. The smallest absolute Gasteiger partial charge is 0.333 e. The first-order valence-corrected chi connectivity index (χ1v) is 13.7. The Morgan fingerprint density at radius 1 is 1.09 bits per heavy atom. The van der Waals surface area contributed by atoms with Crippen LogP contribution in [-0.2, 0) is 35.5 Å². The highest BCUT2D eigenvalue weighted by Gasteiger charge is 2.48. The Hall–Kier alpha value is -2.44. The van der Waals surface area contributed by atoms with Gasteiger partial charge in [-0.05, 0) is 49.9 Å². The van der Waals surface area contributed by atoms with Gasteiger partial charge in [-0.15, -0.1) is 0 Å². The highest BCUT2D eigenvalue weighted by molar-refractivity contribution is 14.1. The first-order chi connectivity index (χ1) is 16.6. The average Bonchev–Trinajstić information content (AvgIpc) is 3.25. The van der Waals surface area contributed by atoms with Gasteiger partial charge < -0.3 is 14.5 Å². The van der Waals surface area contributed by atoms with Gasteiger partial charge in [0, 0.05) is 23.1 Å². The summed E-state index contributed by atoms with van der Waals surface area (Å²) in [7, 11) is -1.43. The van der Waals surface area contributed by atoms with Crippen molar-refractivity contribution in [3.63, 3.8) is 0 Å². The van der Waals surface area contributed by atoms with E-state index in [1.54, 1.807) is 46.9 Å². The Bertz CT molecular complexity index is 1350. The molecule has 8 nitrogen and oxygen atoms in total. The normalized spacial score (nSPS) is 16.6. The third kappa shape index (κ3) is 4.58. The van der Waals surface area contributed by atoms with E-state index in [1.165, 1.54) is 18.5 Å². The molecule has 0 fully saturated rings. The number of rotatable bonds is 7. The Labute approximate surface area is 218 Å². The van der Waals surface area contributed by atoms with Crippen molar-refractivity contribution < 1.29 is 27.5 Å². The van der Waals surface area contributed by atoms with E-state index in [1.807, 2.05) is 31.2 Å². The molecule has 3 aromatic rings. The average molecular weight is 610 g/mol. The molecule has 1 atom stereocenters. The van der Waals surface area contributed by atoms with Gasteiger partial charge in [-0.1, -0.05) is 58.5 Å². The molecule has 35 heavy (non-hydrogen) atoms. The molecular formula is C25H27IN2O6S. The fourth-order valence-electron chi connectivity index (χ4n) is 4.66. The van der Waals surface area contributed by atoms with Gasteiger partial charge >= 0.3 is 11.9 Å². The SMILES string of the molecule is COC(=O)C(I)(CCC1c2[nH]c3ccccc3c2CCN1S(=O)(=O)c1ccc(C)cc1)C(=O)OC. The maximum absolute atomic E-state index is 13.8. The van der Waals surface area contributed by atoms with E-state index in [4.69, 9.17) is 9.47 Å². The van der Waals surface area contributed by atoms with Crippen LogP contribution >= 0.6 is 22.6 Å². The number of aromatic amines is 1. The maximum atomic E-state index is 13.8. The minimum absolute atomic E-state index is 0.0340. The van der Waals surface area contributed by atoms with Gasteiger partial charge in [0.2, 0.25) is 13.4 Å². The van der Waals surface area contributed by atoms with Gasteiger partial charge in [-0.2, -0.15) is 4.31 Å². The molecule has 4 rings (SSSR count). The summed E-state index contributed by atoms with van der Waals surface area (Å²) in [5.41, 5.74) is 3.71. The number of aryl methyl sites for hydroxylation is 1. The lowest BCUT2D eigenvalue weighted by molar-refractivity contribution is -0.155. The van der Waals surface area contributed by atoms with Crippen LogP contribution in [0.3, 0.4) is 0 Å². The van der Waals surface area contributed by atoms with Crippen LogP contribution in [0.2, 0.25) is 0 Å². The predicted molar refractivity (Wildman–Crippen MR) is 140 cm³/mol. The van der Waals surface area contributed by atoms with Crippen molar-refractivity contribution in [3.05, 3.63) is 65.4 Å². The van der Waals surface area contributed by atoms with Crippen LogP contribution in [0.5, 0.6) is 0 Å². The summed E-state index contributed by atoms with van der Waals surface area (Å²) >= 11 is 1.75. The zero-order chi connectivity index (χ0) is 25.4. The predicted octanol–water partition coefficient (Wildman–Crippen LogP) is 4.06. The van der Waals surface area contributed by atoms with Crippen molar-refractivity contribution in [2.24, 2.45) is 0 Å². The first-order valence-electron chi connectivity index (χ1n) is 11.2. The molecule has 0 spiro atoms. The molecule has 186 valence electrons. The molecule has 0 bridgehead atoms. The number of ether oxygens (including phenoxy) is 2. The summed E-state index contributed by atoms with van der Waals surface area (Å²) in [4.78, 5) is 28.7. The molecule has 1 aliphatic rings. The van der Waals surface area contributed by atoms with Crippen molar-refractivity contribution in [2.75, 3.05) is 20.8 Å². The molecule has 0 amide bonds. The molecule has 1 aliphatic heterocycles. The summed E-state index contributed by atoms with van der Waals surface area (Å²) in [6.07, 6.45) is 0.786. The van der Waals surface area contributed by atoms with E-state index >= 15 is 0 Å². The number of benzene rings is 2. The monoisotopic (exact) mass is 610 g/mol. The third-order valence-electron chi connectivity index (χ3n) is 6.52. The Morgan fingerprint density at radius 2 is 1.71 bits per heavy atom. The minimum Gasteiger partial charge on any atom is -0.468 e. The molecule has 10 heteroatoms. The Kier molecular flexibility index (Phi) is 7.26. The van der Waals surface area contributed by atoms with E-state index in [-0.39, 0.29) is 24.3 Å². The van der Waals surface area contributed by atoms with Crippen LogP contribution in [0.1, 0.15) is 35.7 Å². The van der Waals surface area contributed by atoms with Crippen molar-refractivity contribution in [1.29, 1.82) is 0 Å². The molecule has 0 radical (unpaired) electrons.